The van der Waals surface area contributed by atoms with Gasteiger partial charge in [0, 0.05) is 22.8 Å². The van der Waals surface area contributed by atoms with E-state index in [1.54, 1.807) is 18.2 Å². The quantitative estimate of drug-likeness (QED) is 0.402. The monoisotopic (exact) mass is 436 g/mol. The van der Waals surface area contributed by atoms with Crippen LogP contribution >= 0.6 is 35.0 Å². The summed E-state index contributed by atoms with van der Waals surface area (Å²) in [4.78, 5) is 12.2. The number of aromatic nitrogens is 3. The van der Waals surface area contributed by atoms with Crippen molar-refractivity contribution < 1.29 is 9.18 Å². The van der Waals surface area contributed by atoms with Crippen molar-refractivity contribution in [1.29, 1.82) is 0 Å². The Morgan fingerprint density at radius 2 is 2.07 bits per heavy atom. The molecule has 0 aliphatic rings. The number of halogens is 3. The zero-order chi connectivity index (χ0) is 20.1. The van der Waals surface area contributed by atoms with Gasteiger partial charge in [0.15, 0.2) is 11.0 Å². The minimum Gasteiger partial charge on any atom is -0.325 e. The standard InChI is InChI=1S/C19H15Cl2FN4OS/c1-2-8-26-18(12-4-3-5-13(20)9-12)24-25-19(26)28-11-17(27)23-14-6-7-16(22)15(21)10-14/h2-7,9-10H,1,8,11H2,(H,23,27). The first-order valence-electron chi connectivity index (χ1n) is 8.15. The van der Waals surface area contributed by atoms with Crippen molar-refractivity contribution >= 4 is 46.6 Å². The van der Waals surface area contributed by atoms with E-state index in [4.69, 9.17) is 23.2 Å². The number of thioether (sulfide) groups is 1. The summed E-state index contributed by atoms with van der Waals surface area (Å²) >= 11 is 13.0. The molecule has 0 bridgehead atoms. The van der Waals surface area contributed by atoms with Gasteiger partial charge >= 0.3 is 0 Å². The van der Waals surface area contributed by atoms with Crippen molar-refractivity contribution in [2.24, 2.45) is 0 Å². The highest BCUT2D eigenvalue weighted by Crippen LogP contribution is 2.26. The number of nitrogens with zero attached hydrogens (tertiary/aromatic N) is 3. The molecule has 0 aliphatic carbocycles. The number of carbonyl (C=O) groups excluding carboxylic acids is 1. The second kappa shape index (κ2) is 9.23. The molecule has 0 spiro atoms. The molecule has 3 aromatic rings. The van der Waals surface area contributed by atoms with E-state index in [0.29, 0.717) is 28.2 Å². The molecule has 5 nitrogen and oxygen atoms in total. The lowest BCUT2D eigenvalue weighted by atomic mass is 10.2. The van der Waals surface area contributed by atoms with Gasteiger partial charge < -0.3 is 5.32 Å². The fraction of sp³-hybridized carbons (Fsp3) is 0.105. The highest BCUT2D eigenvalue weighted by atomic mass is 35.5. The lowest BCUT2D eigenvalue weighted by Crippen LogP contribution is -2.14. The number of allylic oxidation sites excluding steroid dienone is 1. The van der Waals surface area contributed by atoms with Crippen LogP contribution in [0.3, 0.4) is 0 Å². The lowest BCUT2D eigenvalue weighted by Gasteiger charge is -2.08. The van der Waals surface area contributed by atoms with Crippen LogP contribution in [0.15, 0.2) is 60.3 Å². The van der Waals surface area contributed by atoms with Crippen LogP contribution < -0.4 is 5.32 Å². The Morgan fingerprint density at radius 3 is 2.79 bits per heavy atom. The molecule has 9 heteroatoms. The predicted octanol–water partition coefficient (Wildman–Crippen LogP) is 5.31. The minimum absolute atomic E-state index is 0.0534. The number of anilines is 1. The van der Waals surface area contributed by atoms with Gasteiger partial charge in [-0.2, -0.15) is 0 Å². The third kappa shape index (κ3) is 4.92. The zero-order valence-electron chi connectivity index (χ0n) is 14.5. The molecule has 3 rings (SSSR count). The molecule has 0 aliphatic heterocycles. The number of amides is 1. The molecular weight excluding hydrogens is 422 g/mol. The van der Waals surface area contributed by atoms with E-state index >= 15 is 0 Å². The Labute approximate surface area is 175 Å². The van der Waals surface area contributed by atoms with Crippen LogP contribution in [-0.4, -0.2) is 26.4 Å². The predicted molar refractivity (Wildman–Crippen MR) is 111 cm³/mol. The van der Waals surface area contributed by atoms with E-state index in [0.717, 1.165) is 5.56 Å². The van der Waals surface area contributed by atoms with Crippen molar-refractivity contribution in [2.75, 3.05) is 11.1 Å². The van der Waals surface area contributed by atoms with Gasteiger partial charge in [-0.25, -0.2) is 4.39 Å². The first-order valence-corrected chi connectivity index (χ1v) is 9.90. The number of nitrogens with one attached hydrogen (secondary N) is 1. The number of hydrogen-bond acceptors (Lipinski definition) is 4. The molecule has 0 radical (unpaired) electrons. The maximum Gasteiger partial charge on any atom is 0.234 e. The molecule has 0 unspecified atom stereocenters. The maximum absolute atomic E-state index is 13.2. The van der Waals surface area contributed by atoms with Crippen molar-refractivity contribution in [2.45, 2.75) is 11.7 Å². The second-order valence-electron chi connectivity index (χ2n) is 5.68. The summed E-state index contributed by atoms with van der Waals surface area (Å²) in [7, 11) is 0. The zero-order valence-corrected chi connectivity index (χ0v) is 16.9. The molecule has 0 fully saturated rings. The fourth-order valence-electron chi connectivity index (χ4n) is 2.43. The van der Waals surface area contributed by atoms with E-state index in [1.807, 2.05) is 16.7 Å². The van der Waals surface area contributed by atoms with Crippen LogP contribution in [0.1, 0.15) is 0 Å². The first kappa shape index (κ1) is 20.4. The normalized spacial score (nSPS) is 10.7. The average molecular weight is 437 g/mol. The van der Waals surface area contributed by atoms with Crippen LogP contribution in [0.2, 0.25) is 10.0 Å². The Hall–Kier alpha value is -2.35. The SMILES string of the molecule is C=CCn1c(SCC(=O)Nc2ccc(F)c(Cl)c2)nnc1-c1cccc(Cl)c1. The third-order valence-corrected chi connectivity index (χ3v) is 5.14. The van der Waals surface area contributed by atoms with Crippen molar-refractivity contribution in [3.05, 3.63) is 71.0 Å². The third-order valence-electron chi connectivity index (χ3n) is 3.65. The second-order valence-corrected chi connectivity index (χ2v) is 7.47. The Balaban J connectivity index is 1.72. The highest BCUT2D eigenvalue weighted by molar-refractivity contribution is 7.99. The van der Waals surface area contributed by atoms with Gasteiger partial charge in [0.05, 0.1) is 10.8 Å². The highest BCUT2D eigenvalue weighted by Gasteiger charge is 2.15. The molecule has 1 aromatic heterocycles. The number of benzene rings is 2. The molecule has 144 valence electrons. The molecule has 28 heavy (non-hydrogen) atoms. The minimum atomic E-state index is -0.542. The maximum atomic E-state index is 13.2. The summed E-state index contributed by atoms with van der Waals surface area (Å²) < 4.78 is 15.1. The molecule has 1 heterocycles. The van der Waals surface area contributed by atoms with Gasteiger partial charge in [0.2, 0.25) is 5.91 Å². The van der Waals surface area contributed by atoms with Gasteiger partial charge in [-0.1, -0.05) is 53.2 Å². The first-order chi connectivity index (χ1) is 13.5. The van der Waals surface area contributed by atoms with Crippen LogP contribution in [0.4, 0.5) is 10.1 Å². The number of hydrogen-bond donors (Lipinski definition) is 1. The molecule has 0 atom stereocenters. The summed E-state index contributed by atoms with van der Waals surface area (Å²) in [5.74, 6) is -0.0827. The Bertz CT molecular complexity index is 1020. The van der Waals surface area contributed by atoms with Crippen LogP contribution in [-0.2, 0) is 11.3 Å². The Kier molecular flexibility index (Phi) is 6.72. The smallest absolute Gasteiger partial charge is 0.234 e. The number of carbonyl (C=O) groups is 1. The summed E-state index contributed by atoms with van der Waals surface area (Å²) in [5.41, 5.74) is 1.24. The van der Waals surface area contributed by atoms with Gasteiger partial charge in [0.25, 0.3) is 0 Å². The van der Waals surface area contributed by atoms with Gasteiger partial charge in [-0.15, -0.1) is 16.8 Å². The molecule has 0 saturated heterocycles. The molecule has 1 N–H and O–H groups in total. The molecule has 1 amide bonds. The van der Waals surface area contributed by atoms with E-state index in [1.165, 1.54) is 30.0 Å². The van der Waals surface area contributed by atoms with Crippen LogP contribution in [0, 0.1) is 5.82 Å². The Morgan fingerprint density at radius 1 is 1.25 bits per heavy atom. The average Bonchev–Trinajstić information content (AvgIpc) is 3.06. The van der Waals surface area contributed by atoms with Crippen LogP contribution in [0.25, 0.3) is 11.4 Å². The largest absolute Gasteiger partial charge is 0.325 e. The summed E-state index contributed by atoms with van der Waals surface area (Å²) in [6, 6.07) is 11.3. The van der Waals surface area contributed by atoms with Crippen LogP contribution in [0.5, 0.6) is 0 Å². The van der Waals surface area contributed by atoms with Crippen molar-refractivity contribution in [3.63, 3.8) is 0 Å². The van der Waals surface area contributed by atoms with Gasteiger partial charge in [0.1, 0.15) is 5.82 Å². The summed E-state index contributed by atoms with van der Waals surface area (Å²) in [6.07, 6.45) is 1.72. The van der Waals surface area contributed by atoms with Crippen molar-refractivity contribution in [3.8, 4) is 11.4 Å². The molecule has 0 saturated carbocycles. The van der Waals surface area contributed by atoms with Crippen molar-refractivity contribution in [1.82, 2.24) is 14.8 Å². The van der Waals surface area contributed by atoms with Gasteiger partial charge in [-0.3, -0.25) is 9.36 Å². The van der Waals surface area contributed by atoms with E-state index in [2.05, 4.69) is 22.1 Å². The number of rotatable bonds is 7. The van der Waals surface area contributed by atoms with E-state index < -0.39 is 5.82 Å². The molecular formula is C19H15Cl2FN4OS. The molecule has 2 aromatic carbocycles. The van der Waals surface area contributed by atoms with E-state index in [-0.39, 0.29) is 16.7 Å². The summed E-state index contributed by atoms with van der Waals surface area (Å²) in [6.45, 7) is 4.24. The fourth-order valence-corrected chi connectivity index (χ4v) is 3.55. The topological polar surface area (TPSA) is 59.8 Å². The van der Waals surface area contributed by atoms with E-state index in [9.17, 15) is 9.18 Å². The van der Waals surface area contributed by atoms with Gasteiger partial charge in [-0.05, 0) is 30.3 Å². The lowest BCUT2D eigenvalue weighted by molar-refractivity contribution is -0.113. The summed E-state index contributed by atoms with van der Waals surface area (Å²) in [5, 5.41) is 12.2.